The van der Waals surface area contributed by atoms with Crippen LogP contribution in [-0.4, -0.2) is 16.0 Å². The number of aromatic nitrogens is 2. The first-order chi connectivity index (χ1) is 8.93. The van der Waals surface area contributed by atoms with Crippen LogP contribution in [0.3, 0.4) is 0 Å². The molecule has 1 saturated carbocycles. The van der Waals surface area contributed by atoms with Crippen molar-refractivity contribution in [1.82, 2.24) is 9.97 Å². The minimum Gasteiger partial charge on any atom is -0.367 e. The summed E-state index contributed by atoms with van der Waals surface area (Å²) in [5.41, 5.74) is 2.30. The van der Waals surface area contributed by atoms with Gasteiger partial charge in [-0.3, -0.25) is 0 Å². The molecule has 0 bridgehead atoms. The van der Waals surface area contributed by atoms with E-state index in [2.05, 4.69) is 48.2 Å². The average molecular weight is 276 g/mol. The molecule has 3 nitrogen and oxygen atoms in total. The van der Waals surface area contributed by atoms with Crippen LogP contribution in [0.2, 0.25) is 5.28 Å². The third-order valence-electron chi connectivity index (χ3n) is 3.45. The molecule has 0 radical (unpaired) electrons. The van der Waals surface area contributed by atoms with Gasteiger partial charge in [-0.1, -0.05) is 26.8 Å². The average Bonchev–Trinajstić information content (AvgIpc) is 3.11. The minimum atomic E-state index is 0.116. The highest BCUT2D eigenvalue weighted by atomic mass is 35.5. The fraction of sp³-hybridized carbons (Fsp3) is 0.467. The SMILES string of the molecule is CC(C)(C)c1ccc2nc(Cl)nc(NC3CC3)c2c1. The van der Waals surface area contributed by atoms with Gasteiger partial charge in [-0.25, -0.2) is 9.97 Å². The van der Waals surface area contributed by atoms with Crippen LogP contribution in [0.1, 0.15) is 39.2 Å². The summed E-state index contributed by atoms with van der Waals surface area (Å²) in [5, 5.41) is 4.81. The molecule has 2 aromatic rings. The Balaban J connectivity index is 2.15. The van der Waals surface area contributed by atoms with Crippen molar-refractivity contribution in [2.75, 3.05) is 5.32 Å². The standard InChI is InChI=1S/C15H18ClN3/c1-15(2,3)9-4-7-12-11(8-9)13(17-10-5-6-10)19-14(16)18-12/h4,7-8,10H,5-6H2,1-3H3,(H,17,18,19). The van der Waals surface area contributed by atoms with E-state index in [1.807, 2.05) is 6.07 Å². The Labute approximate surface area is 118 Å². The molecule has 100 valence electrons. The molecule has 0 aliphatic heterocycles. The Kier molecular flexibility index (Phi) is 2.90. The van der Waals surface area contributed by atoms with Gasteiger partial charge in [-0.15, -0.1) is 0 Å². The molecule has 0 spiro atoms. The molecule has 1 aliphatic carbocycles. The summed E-state index contributed by atoms with van der Waals surface area (Å²) in [6, 6.07) is 6.87. The van der Waals surface area contributed by atoms with Gasteiger partial charge < -0.3 is 5.32 Å². The quantitative estimate of drug-likeness (QED) is 0.837. The van der Waals surface area contributed by atoms with E-state index in [0.717, 1.165) is 16.7 Å². The van der Waals surface area contributed by atoms with E-state index in [-0.39, 0.29) is 5.41 Å². The Hall–Kier alpha value is -1.35. The fourth-order valence-electron chi connectivity index (χ4n) is 2.10. The lowest BCUT2D eigenvalue weighted by molar-refractivity contribution is 0.591. The van der Waals surface area contributed by atoms with Gasteiger partial charge in [0.25, 0.3) is 0 Å². The largest absolute Gasteiger partial charge is 0.367 e. The van der Waals surface area contributed by atoms with E-state index < -0.39 is 0 Å². The predicted molar refractivity (Wildman–Crippen MR) is 79.9 cm³/mol. The van der Waals surface area contributed by atoms with Crippen LogP contribution in [0.5, 0.6) is 0 Å². The number of nitrogens with one attached hydrogen (secondary N) is 1. The summed E-state index contributed by atoms with van der Waals surface area (Å²) in [6.45, 7) is 6.62. The highest BCUT2D eigenvalue weighted by Gasteiger charge is 2.23. The van der Waals surface area contributed by atoms with E-state index in [4.69, 9.17) is 11.6 Å². The maximum Gasteiger partial charge on any atom is 0.224 e. The van der Waals surface area contributed by atoms with Gasteiger partial charge >= 0.3 is 0 Å². The van der Waals surface area contributed by atoms with Crippen molar-refractivity contribution in [3.05, 3.63) is 29.0 Å². The number of rotatable bonds is 2. The predicted octanol–water partition coefficient (Wildman–Crippen LogP) is 4.16. The summed E-state index contributed by atoms with van der Waals surface area (Å²) < 4.78 is 0. The Bertz CT molecular complexity index is 627. The maximum atomic E-state index is 6.00. The van der Waals surface area contributed by atoms with Crippen molar-refractivity contribution in [2.45, 2.75) is 45.1 Å². The molecule has 1 fully saturated rings. The van der Waals surface area contributed by atoms with Gasteiger partial charge in [0.05, 0.1) is 5.52 Å². The molecular weight excluding hydrogens is 258 g/mol. The number of benzene rings is 1. The van der Waals surface area contributed by atoms with E-state index in [1.54, 1.807) is 0 Å². The summed E-state index contributed by atoms with van der Waals surface area (Å²) in [5.74, 6) is 0.864. The van der Waals surface area contributed by atoms with E-state index in [9.17, 15) is 0 Å². The van der Waals surface area contributed by atoms with Crippen molar-refractivity contribution in [3.8, 4) is 0 Å². The Morgan fingerprint density at radius 2 is 1.95 bits per heavy atom. The maximum absolute atomic E-state index is 6.00. The molecule has 1 aromatic carbocycles. The highest BCUT2D eigenvalue weighted by Crippen LogP contribution is 2.32. The minimum absolute atomic E-state index is 0.116. The molecule has 3 rings (SSSR count). The van der Waals surface area contributed by atoms with Crippen LogP contribution in [0.15, 0.2) is 18.2 Å². The molecule has 1 aliphatic rings. The number of fused-ring (bicyclic) bond motifs is 1. The second-order valence-electron chi connectivity index (χ2n) is 6.24. The number of halogens is 1. The van der Waals surface area contributed by atoms with Crippen LogP contribution < -0.4 is 5.32 Å². The lowest BCUT2D eigenvalue weighted by atomic mass is 9.86. The first-order valence-corrected chi connectivity index (χ1v) is 7.05. The lowest BCUT2D eigenvalue weighted by Crippen LogP contribution is -2.11. The third-order valence-corrected chi connectivity index (χ3v) is 3.62. The molecular formula is C15H18ClN3. The number of hydrogen-bond donors (Lipinski definition) is 1. The van der Waals surface area contributed by atoms with Gasteiger partial charge in [0.15, 0.2) is 0 Å². The van der Waals surface area contributed by atoms with Crippen LogP contribution in [-0.2, 0) is 5.41 Å². The fourth-order valence-corrected chi connectivity index (χ4v) is 2.27. The second kappa shape index (κ2) is 4.34. The molecule has 1 N–H and O–H groups in total. The van der Waals surface area contributed by atoms with Crippen LogP contribution in [0.25, 0.3) is 10.9 Å². The van der Waals surface area contributed by atoms with E-state index in [0.29, 0.717) is 11.3 Å². The third kappa shape index (κ3) is 2.66. The topological polar surface area (TPSA) is 37.8 Å². The summed E-state index contributed by atoms with van der Waals surface area (Å²) in [6.07, 6.45) is 2.42. The zero-order valence-electron chi connectivity index (χ0n) is 11.5. The van der Waals surface area contributed by atoms with Crippen molar-refractivity contribution in [3.63, 3.8) is 0 Å². The van der Waals surface area contributed by atoms with Crippen LogP contribution >= 0.6 is 11.6 Å². The van der Waals surface area contributed by atoms with Gasteiger partial charge in [0, 0.05) is 11.4 Å². The summed E-state index contributed by atoms with van der Waals surface area (Å²) in [7, 11) is 0. The molecule has 1 heterocycles. The van der Waals surface area contributed by atoms with E-state index >= 15 is 0 Å². The van der Waals surface area contributed by atoms with Crippen molar-refractivity contribution in [1.29, 1.82) is 0 Å². The van der Waals surface area contributed by atoms with Crippen molar-refractivity contribution < 1.29 is 0 Å². The van der Waals surface area contributed by atoms with Gasteiger partial charge in [-0.05, 0) is 47.6 Å². The van der Waals surface area contributed by atoms with E-state index in [1.165, 1.54) is 18.4 Å². The number of anilines is 1. The normalized spacial score (nSPS) is 15.8. The number of nitrogens with zero attached hydrogens (tertiary/aromatic N) is 2. The monoisotopic (exact) mass is 275 g/mol. The van der Waals surface area contributed by atoms with Crippen LogP contribution in [0.4, 0.5) is 5.82 Å². The molecule has 0 unspecified atom stereocenters. The molecule has 0 saturated heterocycles. The van der Waals surface area contributed by atoms with Crippen molar-refractivity contribution >= 4 is 28.3 Å². The first kappa shape index (κ1) is 12.7. The highest BCUT2D eigenvalue weighted by molar-refractivity contribution is 6.28. The smallest absolute Gasteiger partial charge is 0.224 e. The lowest BCUT2D eigenvalue weighted by Gasteiger charge is -2.20. The van der Waals surface area contributed by atoms with Gasteiger partial charge in [0.2, 0.25) is 5.28 Å². The molecule has 19 heavy (non-hydrogen) atoms. The molecule has 1 aromatic heterocycles. The second-order valence-corrected chi connectivity index (χ2v) is 6.58. The van der Waals surface area contributed by atoms with Gasteiger partial charge in [-0.2, -0.15) is 0 Å². The Morgan fingerprint density at radius 1 is 1.21 bits per heavy atom. The molecule has 0 atom stereocenters. The van der Waals surface area contributed by atoms with Crippen molar-refractivity contribution in [2.24, 2.45) is 0 Å². The zero-order chi connectivity index (χ0) is 13.6. The Morgan fingerprint density at radius 3 is 2.58 bits per heavy atom. The first-order valence-electron chi connectivity index (χ1n) is 6.68. The molecule has 0 amide bonds. The summed E-state index contributed by atoms with van der Waals surface area (Å²) in [4.78, 5) is 8.65. The number of hydrogen-bond acceptors (Lipinski definition) is 3. The zero-order valence-corrected chi connectivity index (χ0v) is 12.3. The van der Waals surface area contributed by atoms with Crippen LogP contribution in [0, 0.1) is 0 Å². The van der Waals surface area contributed by atoms with Gasteiger partial charge in [0.1, 0.15) is 5.82 Å². The summed E-state index contributed by atoms with van der Waals surface area (Å²) >= 11 is 6.00. The molecule has 4 heteroatoms.